The number of quaternary nitrogens is 1. The molecule has 3 aliphatic rings. The largest absolute Gasteiger partial charge is 0.493 e. The molecule has 1 unspecified atom stereocenters. The maximum Gasteiger partial charge on any atom is 0.419 e. The molecular weight excluding hydrogens is 472 g/mol. The Morgan fingerprint density at radius 3 is 2.21 bits per heavy atom. The number of nitrogens with zero attached hydrogens (tertiary/aromatic N) is 2. The molecule has 3 saturated heterocycles. The Kier molecular flexibility index (Phi) is 8.04. The number of para-hydroxylation sites is 1. The second kappa shape index (κ2) is 11.6. The van der Waals surface area contributed by atoms with Crippen LogP contribution in [0.1, 0.15) is 47.9 Å². The summed E-state index contributed by atoms with van der Waals surface area (Å²) in [7, 11) is 0. The Morgan fingerprint density at radius 1 is 0.921 bits per heavy atom. The van der Waals surface area contributed by atoms with E-state index in [1.54, 1.807) is 4.90 Å². The Morgan fingerprint density at radius 2 is 1.55 bits per heavy atom. The number of amides is 1. The molecular formula is C33H41N2O3+. The number of fused-ring (bicyclic) bond motifs is 3. The van der Waals surface area contributed by atoms with Crippen LogP contribution in [0.15, 0.2) is 72.8 Å². The second-order valence-corrected chi connectivity index (χ2v) is 11.2. The lowest BCUT2D eigenvalue weighted by atomic mass is 9.84. The highest BCUT2D eigenvalue weighted by Gasteiger charge is 2.49. The van der Waals surface area contributed by atoms with Gasteiger partial charge in [0.1, 0.15) is 5.75 Å². The van der Waals surface area contributed by atoms with Gasteiger partial charge in [0.2, 0.25) is 6.23 Å². The number of hydrogen-bond donors (Lipinski definition) is 0. The number of ether oxygens (including phenoxy) is 2. The van der Waals surface area contributed by atoms with E-state index in [4.69, 9.17) is 9.47 Å². The number of anilines is 1. The minimum atomic E-state index is -0.253. The van der Waals surface area contributed by atoms with Crippen LogP contribution in [0.4, 0.5) is 10.5 Å². The van der Waals surface area contributed by atoms with E-state index in [-0.39, 0.29) is 12.3 Å². The fraction of sp³-hybridized carbons (Fsp3) is 0.424. The SMILES string of the molecule is Cc1cc(C)c(OCCC[N+]23CCC(CC2)CC3OC(=O)N(Cc2ccccc2)c2ccccc2)c(C)c1. The normalized spacial score (nSPS) is 22.2. The van der Waals surface area contributed by atoms with Crippen molar-refractivity contribution in [1.82, 2.24) is 0 Å². The van der Waals surface area contributed by atoms with E-state index in [1.165, 1.54) is 29.5 Å². The Bertz CT molecular complexity index is 1200. The minimum absolute atomic E-state index is 0.0974. The molecule has 38 heavy (non-hydrogen) atoms. The van der Waals surface area contributed by atoms with Gasteiger partial charge in [-0.25, -0.2) is 4.79 Å². The van der Waals surface area contributed by atoms with E-state index in [0.717, 1.165) is 54.0 Å². The lowest BCUT2D eigenvalue weighted by Gasteiger charge is -2.53. The van der Waals surface area contributed by atoms with Crippen LogP contribution >= 0.6 is 0 Å². The molecule has 3 aromatic carbocycles. The first-order valence-corrected chi connectivity index (χ1v) is 14.1. The fourth-order valence-corrected chi connectivity index (χ4v) is 6.46. The zero-order valence-corrected chi connectivity index (χ0v) is 23.1. The highest BCUT2D eigenvalue weighted by molar-refractivity contribution is 5.87. The number of benzene rings is 3. The summed E-state index contributed by atoms with van der Waals surface area (Å²) in [6.45, 7) is 10.7. The molecule has 0 aromatic heterocycles. The molecule has 2 bridgehead atoms. The van der Waals surface area contributed by atoms with Crippen molar-refractivity contribution < 1.29 is 18.8 Å². The molecule has 0 saturated carbocycles. The van der Waals surface area contributed by atoms with Gasteiger partial charge in [-0.05, 0) is 55.5 Å². The molecule has 3 aliphatic heterocycles. The van der Waals surface area contributed by atoms with Crippen LogP contribution < -0.4 is 9.64 Å². The van der Waals surface area contributed by atoms with E-state index in [9.17, 15) is 4.79 Å². The summed E-state index contributed by atoms with van der Waals surface area (Å²) in [4.78, 5) is 15.5. The third kappa shape index (κ3) is 5.88. The van der Waals surface area contributed by atoms with Crippen LogP contribution in [-0.4, -0.2) is 43.0 Å². The first-order valence-electron chi connectivity index (χ1n) is 14.1. The summed E-state index contributed by atoms with van der Waals surface area (Å²) >= 11 is 0. The van der Waals surface area contributed by atoms with Gasteiger partial charge in [-0.2, -0.15) is 0 Å². The third-order valence-electron chi connectivity index (χ3n) is 8.42. The van der Waals surface area contributed by atoms with Crippen LogP contribution in [0.5, 0.6) is 5.75 Å². The zero-order chi connectivity index (χ0) is 26.5. The molecule has 0 radical (unpaired) electrons. The lowest BCUT2D eigenvalue weighted by molar-refractivity contribution is -0.984. The third-order valence-corrected chi connectivity index (χ3v) is 8.42. The van der Waals surface area contributed by atoms with Gasteiger partial charge < -0.3 is 9.47 Å². The molecule has 1 amide bonds. The monoisotopic (exact) mass is 513 g/mol. The maximum atomic E-state index is 13.7. The number of aryl methyl sites for hydroxylation is 3. The molecule has 6 rings (SSSR count). The average Bonchev–Trinajstić information content (AvgIpc) is 2.92. The summed E-state index contributed by atoms with van der Waals surface area (Å²) in [5.74, 6) is 1.66. The Hall–Kier alpha value is -3.31. The maximum absolute atomic E-state index is 13.7. The molecule has 0 N–H and O–H groups in total. The Labute approximate surface area is 227 Å². The van der Waals surface area contributed by atoms with Crippen molar-refractivity contribution >= 4 is 11.8 Å². The average molecular weight is 514 g/mol. The van der Waals surface area contributed by atoms with E-state index >= 15 is 0 Å². The highest BCUT2D eigenvalue weighted by Crippen LogP contribution is 2.40. The molecule has 200 valence electrons. The van der Waals surface area contributed by atoms with E-state index in [1.807, 2.05) is 48.5 Å². The quantitative estimate of drug-likeness (QED) is 0.225. The molecule has 5 nitrogen and oxygen atoms in total. The van der Waals surface area contributed by atoms with Crippen molar-refractivity contribution in [3.63, 3.8) is 0 Å². The van der Waals surface area contributed by atoms with Gasteiger partial charge >= 0.3 is 6.09 Å². The molecule has 3 heterocycles. The summed E-state index contributed by atoms with van der Waals surface area (Å²) in [5.41, 5.74) is 5.60. The predicted molar refractivity (Wildman–Crippen MR) is 152 cm³/mol. The summed E-state index contributed by atoms with van der Waals surface area (Å²) in [5, 5.41) is 0. The number of rotatable bonds is 9. The summed E-state index contributed by atoms with van der Waals surface area (Å²) < 4.78 is 13.5. The molecule has 5 heteroatoms. The standard InChI is InChI=1S/C33H41N2O3/c1-25-21-26(2)32(27(3)22-25)37-20-10-17-35-18-15-28(16-19-35)23-31(35)38-33(36)34(30-13-8-5-9-14-30)24-29-11-6-4-7-12-29/h4-9,11-14,21-22,28,31H,10,15-20,23-24H2,1-3H3/q+1. The van der Waals surface area contributed by atoms with Crippen LogP contribution in [0, 0.1) is 26.7 Å². The van der Waals surface area contributed by atoms with Gasteiger partial charge in [-0.3, -0.25) is 9.38 Å². The van der Waals surface area contributed by atoms with Crippen molar-refractivity contribution in [2.24, 2.45) is 5.92 Å². The van der Waals surface area contributed by atoms with Gasteiger partial charge in [0.25, 0.3) is 0 Å². The van der Waals surface area contributed by atoms with Gasteiger partial charge in [0, 0.05) is 31.4 Å². The highest BCUT2D eigenvalue weighted by atomic mass is 16.6. The van der Waals surface area contributed by atoms with Gasteiger partial charge in [0.05, 0.1) is 32.8 Å². The number of piperidine rings is 3. The topological polar surface area (TPSA) is 38.8 Å². The van der Waals surface area contributed by atoms with Crippen molar-refractivity contribution in [2.75, 3.05) is 31.1 Å². The summed E-state index contributed by atoms with van der Waals surface area (Å²) in [6.07, 6.45) is 3.99. The number of hydrogen-bond acceptors (Lipinski definition) is 3. The first kappa shape index (κ1) is 26.3. The summed E-state index contributed by atoms with van der Waals surface area (Å²) in [6, 6.07) is 24.4. The second-order valence-electron chi connectivity index (χ2n) is 11.2. The van der Waals surface area contributed by atoms with Gasteiger partial charge in [-0.15, -0.1) is 0 Å². The fourth-order valence-electron chi connectivity index (χ4n) is 6.46. The molecule has 3 aromatic rings. The van der Waals surface area contributed by atoms with Crippen molar-refractivity contribution in [3.05, 3.63) is 95.1 Å². The molecule has 0 spiro atoms. The Balaban J connectivity index is 1.27. The van der Waals surface area contributed by atoms with Gasteiger partial charge in [-0.1, -0.05) is 66.2 Å². The lowest BCUT2D eigenvalue weighted by Crippen LogP contribution is -2.66. The predicted octanol–water partition coefficient (Wildman–Crippen LogP) is 7.18. The van der Waals surface area contributed by atoms with E-state index in [0.29, 0.717) is 19.1 Å². The zero-order valence-electron chi connectivity index (χ0n) is 23.1. The van der Waals surface area contributed by atoms with Gasteiger partial charge in [0.15, 0.2) is 0 Å². The van der Waals surface area contributed by atoms with Crippen molar-refractivity contribution in [3.8, 4) is 5.75 Å². The van der Waals surface area contributed by atoms with E-state index < -0.39 is 0 Å². The number of carbonyl (C=O) groups is 1. The smallest absolute Gasteiger partial charge is 0.419 e. The van der Waals surface area contributed by atoms with Crippen molar-refractivity contribution in [2.45, 2.75) is 59.2 Å². The van der Waals surface area contributed by atoms with Crippen LogP contribution in [0.2, 0.25) is 0 Å². The first-order chi connectivity index (χ1) is 18.4. The molecule has 1 atom stereocenters. The number of carbonyl (C=O) groups excluding carboxylic acids is 1. The van der Waals surface area contributed by atoms with Crippen LogP contribution in [0.3, 0.4) is 0 Å². The van der Waals surface area contributed by atoms with E-state index in [2.05, 4.69) is 45.0 Å². The molecule has 0 aliphatic carbocycles. The van der Waals surface area contributed by atoms with Crippen LogP contribution in [-0.2, 0) is 11.3 Å². The van der Waals surface area contributed by atoms with Crippen molar-refractivity contribution in [1.29, 1.82) is 0 Å². The molecule has 3 fully saturated rings. The minimum Gasteiger partial charge on any atom is -0.493 e. The van der Waals surface area contributed by atoms with Crippen LogP contribution in [0.25, 0.3) is 0 Å².